The molecule has 4 rings (SSSR count). The number of nitrogens with zero attached hydrogens (tertiary/aromatic N) is 1. The average Bonchev–Trinajstić information content (AvgIpc) is 2.99. The molecular formula is C24H21ClN2O4S. The van der Waals surface area contributed by atoms with Crippen LogP contribution in [-0.4, -0.2) is 31.1 Å². The first-order chi connectivity index (χ1) is 15.3. The van der Waals surface area contributed by atoms with Crippen LogP contribution in [0.3, 0.4) is 0 Å². The Morgan fingerprint density at radius 3 is 2.41 bits per heavy atom. The van der Waals surface area contributed by atoms with E-state index in [9.17, 15) is 18.0 Å². The molecule has 0 fully saturated rings. The number of benzene rings is 3. The maximum Gasteiger partial charge on any atom is 0.268 e. The van der Waals surface area contributed by atoms with Crippen LogP contribution in [0.15, 0.2) is 77.7 Å². The van der Waals surface area contributed by atoms with Gasteiger partial charge in [-0.3, -0.25) is 9.59 Å². The van der Waals surface area contributed by atoms with Crippen molar-refractivity contribution in [2.75, 3.05) is 6.54 Å². The fourth-order valence-electron chi connectivity index (χ4n) is 3.79. The van der Waals surface area contributed by atoms with Gasteiger partial charge in [0.2, 0.25) is 0 Å². The maximum atomic E-state index is 13.1. The summed E-state index contributed by atoms with van der Waals surface area (Å²) < 4.78 is 26.2. The van der Waals surface area contributed by atoms with E-state index in [1.54, 1.807) is 13.0 Å². The molecule has 32 heavy (non-hydrogen) atoms. The largest absolute Gasteiger partial charge is 0.345 e. The highest BCUT2D eigenvalue weighted by atomic mass is 35.5. The minimum Gasteiger partial charge on any atom is -0.345 e. The summed E-state index contributed by atoms with van der Waals surface area (Å²) in [4.78, 5) is 25.3. The van der Waals surface area contributed by atoms with Crippen molar-refractivity contribution in [3.63, 3.8) is 0 Å². The van der Waals surface area contributed by atoms with Crippen LogP contribution >= 0.6 is 11.6 Å². The van der Waals surface area contributed by atoms with Gasteiger partial charge in [0.05, 0.1) is 11.6 Å². The lowest BCUT2D eigenvalue weighted by molar-refractivity contribution is 0.0873. The Labute approximate surface area is 191 Å². The molecule has 0 spiro atoms. The number of sulfonamides is 1. The van der Waals surface area contributed by atoms with Crippen molar-refractivity contribution >= 4 is 33.4 Å². The Kier molecular flexibility index (Phi) is 6.04. The van der Waals surface area contributed by atoms with Gasteiger partial charge in [-0.25, -0.2) is 12.7 Å². The van der Waals surface area contributed by atoms with E-state index in [0.717, 1.165) is 15.4 Å². The highest BCUT2D eigenvalue weighted by molar-refractivity contribution is 7.90. The lowest BCUT2D eigenvalue weighted by atomic mass is 9.98. The Morgan fingerprint density at radius 2 is 1.72 bits per heavy atom. The molecule has 0 bridgehead atoms. The molecule has 8 heteroatoms. The first-order valence-corrected chi connectivity index (χ1v) is 11.9. The van der Waals surface area contributed by atoms with Crippen molar-refractivity contribution in [2.24, 2.45) is 0 Å². The molecule has 0 aliphatic carbocycles. The molecule has 3 aromatic rings. The minimum absolute atomic E-state index is 0.0330. The summed E-state index contributed by atoms with van der Waals surface area (Å²) in [5, 5.41) is 3.59. The quantitative estimate of drug-likeness (QED) is 0.587. The molecule has 1 aliphatic heterocycles. The van der Waals surface area contributed by atoms with Gasteiger partial charge in [-0.05, 0) is 48.7 Å². The van der Waals surface area contributed by atoms with E-state index in [-0.39, 0.29) is 28.6 Å². The van der Waals surface area contributed by atoms with Gasteiger partial charge in [-0.1, -0.05) is 60.1 Å². The van der Waals surface area contributed by atoms with Crippen LogP contribution < -0.4 is 5.32 Å². The monoisotopic (exact) mass is 468 g/mol. The van der Waals surface area contributed by atoms with E-state index in [1.807, 2.05) is 48.5 Å². The summed E-state index contributed by atoms with van der Waals surface area (Å²) in [6.45, 7) is 1.62. The van der Waals surface area contributed by atoms with Gasteiger partial charge in [0.25, 0.3) is 21.8 Å². The molecule has 0 radical (unpaired) electrons. The van der Waals surface area contributed by atoms with Crippen molar-refractivity contribution < 1.29 is 18.0 Å². The summed E-state index contributed by atoms with van der Waals surface area (Å²) in [6.07, 6.45) is 0.459. The predicted molar refractivity (Wildman–Crippen MR) is 122 cm³/mol. The average molecular weight is 469 g/mol. The number of amides is 2. The summed E-state index contributed by atoms with van der Waals surface area (Å²) in [5.41, 5.74) is 2.02. The second-order valence-corrected chi connectivity index (χ2v) is 9.66. The molecule has 3 aromatic carbocycles. The van der Waals surface area contributed by atoms with Crippen LogP contribution in [0.25, 0.3) is 0 Å². The van der Waals surface area contributed by atoms with Crippen molar-refractivity contribution in [3.05, 3.63) is 100 Å². The number of halogens is 1. The second kappa shape index (κ2) is 8.76. The summed E-state index contributed by atoms with van der Waals surface area (Å²) in [6, 6.07) is 20.6. The highest BCUT2D eigenvalue weighted by Gasteiger charge is 2.40. The molecule has 1 unspecified atom stereocenters. The number of carbonyl (C=O) groups excluding carboxylic acids is 2. The summed E-state index contributed by atoms with van der Waals surface area (Å²) in [5.74, 6) is -1.01. The smallest absolute Gasteiger partial charge is 0.268 e. The SMILES string of the molecule is CCN1C(=O)c2ccc(C(=O)NC(Cc3ccccc3Cl)c3ccccc3)cc2S1(=O)=O. The Balaban J connectivity index is 1.65. The van der Waals surface area contributed by atoms with Crippen molar-refractivity contribution in [2.45, 2.75) is 24.3 Å². The molecule has 1 N–H and O–H groups in total. The number of hydrogen-bond acceptors (Lipinski definition) is 4. The number of nitrogens with one attached hydrogen (secondary N) is 1. The molecule has 164 valence electrons. The van der Waals surface area contributed by atoms with Crippen LogP contribution in [0.1, 0.15) is 44.8 Å². The fraction of sp³-hybridized carbons (Fsp3) is 0.167. The lowest BCUT2D eigenvalue weighted by Crippen LogP contribution is -2.30. The number of carbonyl (C=O) groups is 2. The number of hydrogen-bond donors (Lipinski definition) is 1. The summed E-state index contributed by atoms with van der Waals surface area (Å²) in [7, 11) is -3.95. The zero-order valence-electron chi connectivity index (χ0n) is 17.3. The first kappa shape index (κ1) is 22.0. The lowest BCUT2D eigenvalue weighted by Gasteiger charge is -2.20. The van der Waals surface area contributed by atoms with Crippen LogP contribution in [0.2, 0.25) is 5.02 Å². The Hall–Kier alpha value is -3.16. The van der Waals surface area contributed by atoms with Crippen LogP contribution in [0.4, 0.5) is 0 Å². The van der Waals surface area contributed by atoms with Crippen molar-refractivity contribution in [3.8, 4) is 0 Å². The molecule has 1 aliphatic rings. The standard InChI is InChI=1S/C24H21ClN2O4S/c1-2-27-24(29)19-13-12-18(15-22(19)32(27,30)31)23(28)26-21(16-8-4-3-5-9-16)14-17-10-6-7-11-20(17)25/h3-13,15,21H,2,14H2,1H3,(H,26,28). The van der Waals surface area contributed by atoms with Gasteiger partial charge in [-0.2, -0.15) is 0 Å². The van der Waals surface area contributed by atoms with Gasteiger partial charge in [0.1, 0.15) is 4.90 Å². The summed E-state index contributed by atoms with van der Waals surface area (Å²) >= 11 is 6.33. The third kappa shape index (κ3) is 4.01. The van der Waals surface area contributed by atoms with Crippen LogP contribution in [0.5, 0.6) is 0 Å². The van der Waals surface area contributed by atoms with E-state index >= 15 is 0 Å². The number of fused-ring (bicyclic) bond motifs is 1. The third-order valence-corrected chi connectivity index (χ3v) is 7.71. The van der Waals surface area contributed by atoms with Crippen LogP contribution in [0, 0.1) is 0 Å². The molecule has 0 saturated carbocycles. The molecule has 1 atom stereocenters. The first-order valence-electron chi connectivity index (χ1n) is 10.1. The van der Waals surface area contributed by atoms with Gasteiger partial charge < -0.3 is 5.32 Å². The molecule has 2 amide bonds. The Morgan fingerprint density at radius 1 is 1.03 bits per heavy atom. The van der Waals surface area contributed by atoms with Crippen molar-refractivity contribution in [1.82, 2.24) is 9.62 Å². The highest BCUT2D eigenvalue weighted by Crippen LogP contribution is 2.31. The van der Waals surface area contributed by atoms with Gasteiger partial charge in [0, 0.05) is 17.1 Å². The molecule has 0 aromatic heterocycles. The van der Waals surface area contributed by atoms with E-state index in [4.69, 9.17) is 11.6 Å². The molecule has 6 nitrogen and oxygen atoms in total. The predicted octanol–water partition coefficient (Wildman–Crippen LogP) is 4.22. The topological polar surface area (TPSA) is 83.6 Å². The molecule has 0 saturated heterocycles. The minimum atomic E-state index is -3.95. The Bertz CT molecular complexity index is 1290. The van der Waals surface area contributed by atoms with E-state index in [1.165, 1.54) is 18.2 Å². The molecule has 1 heterocycles. The molecular weight excluding hydrogens is 448 g/mol. The third-order valence-electron chi connectivity index (χ3n) is 5.45. The zero-order valence-corrected chi connectivity index (χ0v) is 18.9. The van der Waals surface area contributed by atoms with Crippen LogP contribution in [-0.2, 0) is 16.4 Å². The van der Waals surface area contributed by atoms with Crippen molar-refractivity contribution in [1.29, 1.82) is 0 Å². The van der Waals surface area contributed by atoms with Gasteiger partial charge in [0.15, 0.2) is 0 Å². The maximum absolute atomic E-state index is 13.1. The van der Waals surface area contributed by atoms with E-state index in [0.29, 0.717) is 11.4 Å². The van der Waals surface area contributed by atoms with E-state index in [2.05, 4.69) is 5.32 Å². The fourth-order valence-corrected chi connectivity index (χ4v) is 5.61. The zero-order chi connectivity index (χ0) is 22.9. The normalized spacial score (nSPS) is 15.3. The second-order valence-electron chi connectivity index (χ2n) is 7.42. The van der Waals surface area contributed by atoms with Gasteiger partial charge >= 0.3 is 0 Å². The van der Waals surface area contributed by atoms with E-state index < -0.39 is 21.8 Å². The van der Waals surface area contributed by atoms with Gasteiger partial charge in [-0.15, -0.1) is 0 Å². The number of rotatable bonds is 6.